The van der Waals surface area contributed by atoms with E-state index in [0.717, 1.165) is 6.54 Å². The zero-order valence-electron chi connectivity index (χ0n) is 6.39. The highest BCUT2D eigenvalue weighted by Crippen LogP contribution is 1.94. The van der Waals surface area contributed by atoms with Crippen LogP contribution in [0.25, 0.3) is 0 Å². The molecule has 0 fully saturated rings. The summed E-state index contributed by atoms with van der Waals surface area (Å²) < 4.78 is 0. The van der Waals surface area contributed by atoms with Crippen molar-refractivity contribution in [2.75, 3.05) is 6.54 Å². The molecule has 2 heteroatoms. The minimum Gasteiger partial charge on any atom is -0.274 e. The van der Waals surface area contributed by atoms with Crippen LogP contribution in [-0.2, 0) is 0 Å². The van der Waals surface area contributed by atoms with Gasteiger partial charge in [0.1, 0.15) is 0 Å². The number of rotatable bonds is 3. The first kappa shape index (κ1) is 8.21. The second kappa shape index (κ2) is 4.13. The van der Waals surface area contributed by atoms with Crippen molar-refractivity contribution < 1.29 is 0 Å². The van der Waals surface area contributed by atoms with E-state index < -0.39 is 0 Å². The Morgan fingerprint density at radius 3 is 2.33 bits per heavy atom. The molecule has 0 aliphatic heterocycles. The predicted molar refractivity (Wildman–Crippen MR) is 41.4 cm³/mol. The van der Waals surface area contributed by atoms with Crippen LogP contribution in [0.15, 0.2) is 16.9 Å². The van der Waals surface area contributed by atoms with Gasteiger partial charge in [-0.2, -0.15) is 5.10 Å². The number of hydrogen-bond acceptors (Lipinski definition) is 2. The van der Waals surface area contributed by atoms with Gasteiger partial charge in [0.2, 0.25) is 0 Å². The van der Waals surface area contributed by atoms with Gasteiger partial charge in [0.05, 0.1) is 0 Å². The molecule has 52 valence electrons. The SMILES string of the molecule is C=NN(C=C(C)C)CC. The van der Waals surface area contributed by atoms with Crippen molar-refractivity contribution in [3.8, 4) is 0 Å². The van der Waals surface area contributed by atoms with E-state index in [2.05, 4.69) is 11.8 Å². The van der Waals surface area contributed by atoms with E-state index in [0.29, 0.717) is 0 Å². The molecule has 0 saturated carbocycles. The molecule has 0 aromatic heterocycles. The Morgan fingerprint density at radius 2 is 2.22 bits per heavy atom. The zero-order valence-corrected chi connectivity index (χ0v) is 6.39. The zero-order chi connectivity index (χ0) is 7.28. The van der Waals surface area contributed by atoms with Crippen LogP contribution in [-0.4, -0.2) is 18.3 Å². The molecular weight excluding hydrogens is 112 g/mol. The highest BCUT2D eigenvalue weighted by Gasteiger charge is 1.86. The molecule has 0 atom stereocenters. The van der Waals surface area contributed by atoms with E-state index in [9.17, 15) is 0 Å². The number of nitrogens with zero attached hydrogens (tertiary/aromatic N) is 2. The van der Waals surface area contributed by atoms with Gasteiger partial charge in [-0.15, -0.1) is 0 Å². The van der Waals surface area contributed by atoms with E-state index in [-0.39, 0.29) is 0 Å². The lowest BCUT2D eigenvalue weighted by molar-refractivity contribution is 0.422. The summed E-state index contributed by atoms with van der Waals surface area (Å²) in [6, 6.07) is 0. The van der Waals surface area contributed by atoms with Gasteiger partial charge in [0.15, 0.2) is 0 Å². The van der Waals surface area contributed by atoms with Gasteiger partial charge in [0.25, 0.3) is 0 Å². The molecule has 0 aliphatic carbocycles. The summed E-state index contributed by atoms with van der Waals surface area (Å²) >= 11 is 0. The molecule has 0 heterocycles. The van der Waals surface area contributed by atoms with E-state index in [1.165, 1.54) is 5.57 Å². The molecule has 0 unspecified atom stereocenters. The molecule has 0 N–H and O–H groups in total. The third-order valence-electron chi connectivity index (χ3n) is 0.913. The fourth-order valence-corrected chi connectivity index (χ4v) is 0.530. The minimum absolute atomic E-state index is 0.884. The van der Waals surface area contributed by atoms with Crippen LogP contribution in [0.2, 0.25) is 0 Å². The Balaban J connectivity index is 3.82. The molecule has 0 aromatic rings. The quantitative estimate of drug-likeness (QED) is 0.416. The largest absolute Gasteiger partial charge is 0.274 e. The van der Waals surface area contributed by atoms with E-state index >= 15 is 0 Å². The Labute approximate surface area is 56.9 Å². The van der Waals surface area contributed by atoms with Crippen LogP contribution >= 0.6 is 0 Å². The standard InChI is InChI=1S/C7H14N2/c1-5-9(8-4)6-7(2)3/h6H,4-5H2,1-3H3. The Morgan fingerprint density at radius 1 is 1.67 bits per heavy atom. The molecule has 2 nitrogen and oxygen atoms in total. The molecule has 0 aliphatic rings. The van der Waals surface area contributed by atoms with E-state index in [4.69, 9.17) is 0 Å². The maximum Gasteiger partial charge on any atom is 0.0380 e. The van der Waals surface area contributed by atoms with Crippen molar-refractivity contribution >= 4 is 6.72 Å². The van der Waals surface area contributed by atoms with Gasteiger partial charge < -0.3 is 0 Å². The summed E-state index contributed by atoms with van der Waals surface area (Å²) in [5.74, 6) is 0. The Bertz CT molecular complexity index is 112. The molecule has 0 rings (SSSR count). The van der Waals surface area contributed by atoms with Crippen LogP contribution in [0.1, 0.15) is 20.8 Å². The maximum absolute atomic E-state index is 3.75. The lowest BCUT2D eigenvalue weighted by atomic mass is 10.4. The highest BCUT2D eigenvalue weighted by atomic mass is 15.4. The fourth-order valence-electron chi connectivity index (χ4n) is 0.530. The normalized spacial score (nSPS) is 8.33. The third-order valence-corrected chi connectivity index (χ3v) is 0.913. The number of hydrogen-bond donors (Lipinski definition) is 0. The summed E-state index contributed by atoms with van der Waals surface area (Å²) in [6.45, 7) is 10.4. The van der Waals surface area contributed by atoms with E-state index in [1.54, 1.807) is 5.01 Å². The lowest BCUT2D eigenvalue weighted by Gasteiger charge is -2.09. The fraction of sp³-hybridized carbons (Fsp3) is 0.571. The molecule has 0 radical (unpaired) electrons. The van der Waals surface area contributed by atoms with Gasteiger partial charge >= 0.3 is 0 Å². The van der Waals surface area contributed by atoms with Gasteiger partial charge in [-0.05, 0) is 20.8 Å². The van der Waals surface area contributed by atoms with E-state index in [1.807, 2.05) is 27.0 Å². The summed E-state index contributed by atoms with van der Waals surface area (Å²) in [5.41, 5.74) is 1.24. The number of hydrazone groups is 1. The highest BCUT2D eigenvalue weighted by molar-refractivity contribution is 5.22. The molecule has 0 bridgehead atoms. The molecule has 0 saturated heterocycles. The van der Waals surface area contributed by atoms with Gasteiger partial charge in [0, 0.05) is 19.5 Å². The summed E-state index contributed by atoms with van der Waals surface area (Å²) in [4.78, 5) is 0. The monoisotopic (exact) mass is 126 g/mol. The predicted octanol–water partition coefficient (Wildman–Crippen LogP) is 1.85. The Hall–Kier alpha value is -0.790. The molecule has 9 heavy (non-hydrogen) atoms. The first-order valence-electron chi connectivity index (χ1n) is 3.09. The summed E-state index contributed by atoms with van der Waals surface area (Å²) in [6.07, 6.45) is 1.97. The average Bonchev–Trinajstić information content (AvgIpc) is 1.82. The van der Waals surface area contributed by atoms with Gasteiger partial charge in [-0.3, -0.25) is 5.01 Å². The van der Waals surface area contributed by atoms with Crippen LogP contribution in [0.3, 0.4) is 0 Å². The molecule has 0 amide bonds. The van der Waals surface area contributed by atoms with Crippen molar-refractivity contribution in [1.82, 2.24) is 5.01 Å². The third kappa shape index (κ3) is 3.76. The second-order valence-corrected chi connectivity index (χ2v) is 2.10. The first-order valence-corrected chi connectivity index (χ1v) is 3.09. The van der Waals surface area contributed by atoms with Gasteiger partial charge in [-0.25, -0.2) is 0 Å². The van der Waals surface area contributed by atoms with Crippen molar-refractivity contribution in [2.24, 2.45) is 5.10 Å². The first-order chi connectivity index (χ1) is 4.20. The van der Waals surface area contributed by atoms with Crippen LogP contribution in [0.5, 0.6) is 0 Å². The van der Waals surface area contributed by atoms with Gasteiger partial charge in [-0.1, -0.05) is 5.57 Å². The van der Waals surface area contributed by atoms with Crippen LogP contribution in [0, 0.1) is 0 Å². The maximum atomic E-state index is 3.75. The second-order valence-electron chi connectivity index (χ2n) is 2.10. The lowest BCUT2D eigenvalue weighted by Crippen LogP contribution is -2.07. The van der Waals surface area contributed by atoms with Crippen molar-refractivity contribution in [2.45, 2.75) is 20.8 Å². The Kier molecular flexibility index (Phi) is 3.76. The molecule has 0 aromatic carbocycles. The molecular formula is C7H14N2. The average molecular weight is 126 g/mol. The van der Waals surface area contributed by atoms with Crippen molar-refractivity contribution in [1.29, 1.82) is 0 Å². The topological polar surface area (TPSA) is 15.6 Å². The van der Waals surface area contributed by atoms with Crippen LogP contribution in [0.4, 0.5) is 0 Å². The number of allylic oxidation sites excluding steroid dienone is 1. The van der Waals surface area contributed by atoms with Crippen molar-refractivity contribution in [3.63, 3.8) is 0 Å². The van der Waals surface area contributed by atoms with Crippen LogP contribution < -0.4 is 0 Å². The summed E-state index contributed by atoms with van der Waals surface area (Å²) in [5, 5.41) is 5.55. The summed E-state index contributed by atoms with van der Waals surface area (Å²) in [7, 11) is 0. The van der Waals surface area contributed by atoms with Crippen molar-refractivity contribution in [3.05, 3.63) is 11.8 Å². The minimum atomic E-state index is 0.884. The smallest absolute Gasteiger partial charge is 0.0380 e. The molecule has 0 spiro atoms.